The molecule has 1 saturated carbocycles. The average Bonchev–Trinajstić information content (AvgIpc) is 2.86. The molecule has 1 aliphatic heterocycles. The van der Waals surface area contributed by atoms with Crippen LogP contribution < -0.4 is 10.6 Å². The molecule has 3 heterocycles. The molecule has 0 aromatic carbocycles. The molecule has 2 fully saturated rings. The van der Waals surface area contributed by atoms with Crippen molar-refractivity contribution < 1.29 is 9.47 Å². The molecule has 1 saturated heterocycles. The predicted molar refractivity (Wildman–Crippen MR) is 145 cm³/mol. The Labute approximate surface area is 216 Å². The summed E-state index contributed by atoms with van der Waals surface area (Å²) in [7, 11) is 1.76. The van der Waals surface area contributed by atoms with Crippen LogP contribution >= 0.6 is 11.6 Å². The maximum atomic E-state index is 6.56. The molecule has 35 heavy (non-hydrogen) atoms. The van der Waals surface area contributed by atoms with Crippen LogP contribution in [0.2, 0.25) is 5.02 Å². The number of pyridine rings is 2. The summed E-state index contributed by atoms with van der Waals surface area (Å²) in [5, 5.41) is 7.86. The van der Waals surface area contributed by atoms with Crippen LogP contribution in [0.5, 0.6) is 0 Å². The van der Waals surface area contributed by atoms with Gasteiger partial charge in [0.05, 0.1) is 17.3 Å². The van der Waals surface area contributed by atoms with Gasteiger partial charge >= 0.3 is 0 Å². The van der Waals surface area contributed by atoms with Gasteiger partial charge in [0.1, 0.15) is 5.82 Å². The molecule has 2 aromatic heterocycles. The van der Waals surface area contributed by atoms with E-state index in [1.165, 1.54) is 25.7 Å². The Morgan fingerprint density at radius 1 is 1.11 bits per heavy atom. The van der Waals surface area contributed by atoms with Gasteiger partial charge in [0, 0.05) is 56.4 Å². The van der Waals surface area contributed by atoms with Gasteiger partial charge in [-0.3, -0.25) is 4.98 Å². The van der Waals surface area contributed by atoms with Gasteiger partial charge in [-0.25, -0.2) is 4.98 Å². The first-order valence-corrected chi connectivity index (χ1v) is 13.2. The van der Waals surface area contributed by atoms with E-state index in [1.807, 2.05) is 18.2 Å². The third-order valence-electron chi connectivity index (χ3n) is 7.13. The average molecular weight is 503 g/mol. The Balaban J connectivity index is 0.00000342. The van der Waals surface area contributed by atoms with Gasteiger partial charge in [0.25, 0.3) is 0 Å². The first kappa shape index (κ1) is 27.9. The van der Waals surface area contributed by atoms with Crippen molar-refractivity contribution in [2.24, 2.45) is 11.8 Å². The lowest BCUT2D eigenvalue weighted by Crippen LogP contribution is -2.41. The summed E-state index contributed by atoms with van der Waals surface area (Å²) in [6.07, 6.45) is 9.86. The van der Waals surface area contributed by atoms with Crippen molar-refractivity contribution in [3.05, 3.63) is 41.2 Å². The van der Waals surface area contributed by atoms with E-state index in [2.05, 4.69) is 28.6 Å². The van der Waals surface area contributed by atoms with Gasteiger partial charge in [0.2, 0.25) is 0 Å². The minimum Gasteiger partial charge on any atom is -0.383 e. The lowest BCUT2D eigenvalue weighted by Gasteiger charge is -2.31. The van der Waals surface area contributed by atoms with Gasteiger partial charge in [-0.1, -0.05) is 25.1 Å². The van der Waals surface area contributed by atoms with Gasteiger partial charge in [-0.15, -0.1) is 0 Å². The van der Waals surface area contributed by atoms with E-state index in [1.54, 1.807) is 13.3 Å². The molecular weight excluding hydrogens is 460 g/mol. The number of hydrogen-bond acceptors (Lipinski definition) is 6. The number of aromatic nitrogens is 2. The highest BCUT2D eigenvalue weighted by molar-refractivity contribution is 6.33. The van der Waals surface area contributed by atoms with Crippen LogP contribution in [0.25, 0.3) is 11.3 Å². The molecule has 0 radical (unpaired) electrons. The third-order valence-corrected chi connectivity index (χ3v) is 7.43. The zero-order chi connectivity index (χ0) is 23.8. The fraction of sp³-hybridized carbons (Fsp3) is 0.643. The van der Waals surface area contributed by atoms with Crippen molar-refractivity contribution in [3.63, 3.8) is 0 Å². The van der Waals surface area contributed by atoms with Crippen molar-refractivity contribution in [2.45, 2.75) is 71.4 Å². The van der Waals surface area contributed by atoms with Crippen LogP contribution in [0.1, 0.15) is 58.6 Å². The summed E-state index contributed by atoms with van der Waals surface area (Å²) >= 11 is 6.56. The predicted octanol–water partition coefficient (Wildman–Crippen LogP) is 6.00. The molecule has 1 aliphatic carbocycles. The van der Waals surface area contributed by atoms with Crippen LogP contribution in [0.15, 0.2) is 30.5 Å². The third kappa shape index (κ3) is 8.42. The number of nitrogens with zero attached hydrogens (tertiary/aromatic N) is 2. The highest BCUT2D eigenvalue weighted by atomic mass is 35.5. The van der Waals surface area contributed by atoms with Crippen LogP contribution in [0.4, 0.5) is 5.82 Å². The Kier molecular flexibility index (Phi) is 11.2. The van der Waals surface area contributed by atoms with Crippen LogP contribution in [0.3, 0.4) is 0 Å². The van der Waals surface area contributed by atoms with E-state index < -0.39 is 0 Å². The fourth-order valence-corrected chi connectivity index (χ4v) is 5.40. The summed E-state index contributed by atoms with van der Waals surface area (Å²) in [6.45, 7) is 5.60. The summed E-state index contributed by atoms with van der Waals surface area (Å²) in [5.41, 5.74) is 2.96. The monoisotopic (exact) mass is 502 g/mol. The van der Waals surface area contributed by atoms with Crippen molar-refractivity contribution in [2.75, 3.05) is 38.8 Å². The highest BCUT2D eigenvalue weighted by Gasteiger charge is 2.23. The smallest absolute Gasteiger partial charge is 0.126 e. The molecule has 0 spiro atoms. The number of ether oxygens (including phenoxy) is 2. The fourth-order valence-electron chi connectivity index (χ4n) is 5.20. The van der Waals surface area contributed by atoms with Crippen LogP contribution in [-0.2, 0) is 15.9 Å². The number of anilines is 1. The summed E-state index contributed by atoms with van der Waals surface area (Å²) in [6, 6.07) is 9.24. The summed E-state index contributed by atoms with van der Waals surface area (Å²) in [4.78, 5) is 9.51. The van der Waals surface area contributed by atoms with Gasteiger partial charge < -0.3 is 20.1 Å². The first-order valence-electron chi connectivity index (χ1n) is 12.8. The molecule has 2 aromatic rings. The number of hydrogen-bond donors (Lipinski definition) is 2. The SMILES string of the molecule is C.COC[C@@H](C)NC1CCC(Cc2cc(-c3cccc(NCC4CCOCC4)n3)c(Cl)cn2)CC1. The molecule has 2 N–H and O–H groups in total. The first-order chi connectivity index (χ1) is 16.6. The normalized spacial score (nSPS) is 21.8. The molecule has 0 bridgehead atoms. The van der Waals surface area contributed by atoms with E-state index in [-0.39, 0.29) is 7.43 Å². The van der Waals surface area contributed by atoms with E-state index in [0.717, 1.165) is 68.4 Å². The second-order valence-corrected chi connectivity index (χ2v) is 10.4. The summed E-state index contributed by atoms with van der Waals surface area (Å²) < 4.78 is 10.7. The summed E-state index contributed by atoms with van der Waals surface area (Å²) in [5.74, 6) is 2.20. The zero-order valence-electron chi connectivity index (χ0n) is 20.6. The minimum atomic E-state index is 0. The molecule has 0 amide bonds. The Morgan fingerprint density at radius 2 is 1.89 bits per heavy atom. The maximum absolute atomic E-state index is 6.56. The Morgan fingerprint density at radius 3 is 2.63 bits per heavy atom. The second kappa shape index (κ2) is 14.1. The molecule has 194 valence electrons. The maximum Gasteiger partial charge on any atom is 0.126 e. The molecule has 7 heteroatoms. The standard InChI is InChI=1S/C27H39ClN4O2.CH4/c1-19(18-33-2)31-22-8-6-20(7-9-22)14-23-15-24(25(28)17-29-23)26-4-3-5-27(32-26)30-16-21-10-12-34-13-11-21;/h3-5,15,17,19-22,31H,6-14,16,18H2,1-2H3,(H,30,32);1H4/t19-,20?,22?;/m1./s1. The van der Waals surface area contributed by atoms with Crippen molar-refractivity contribution in [3.8, 4) is 11.3 Å². The second-order valence-electron chi connectivity index (χ2n) is 9.95. The van der Waals surface area contributed by atoms with Gasteiger partial charge in [-0.05, 0) is 81.9 Å². The van der Waals surface area contributed by atoms with Crippen molar-refractivity contribution in [1.82, 2.24) is 15.3 Å². The molecule has 2 aliphatic rings. The Bertz CT molecular complexity index is 898. The van der Waals surface area contributed by atoms with Crippen LogP contribution in [0, 0.1) is 11.8 Å². The van der Waals surface area contributed by atoms with Gasteiger partial charge in [-0.2, -0.15) is 0 Å². The minimum absolute atomic E-state index is 0. The molecular formula is C28H43ClN4O2. The lowest BCUT2D eigenvalue weighted by atomic mass is 9.83. The number of rotatable bonds is 10. The highest BCUT2D eigenvalue weighted by Crippen LogP contribution is 2.31. The molecule has 0 unspecified atom stereocenters. The van der Waals surface area contributed by atoms with E-state index in [0.29, 0.717) is 28.9 Å². The van der Waals surface area contributed by atoms with Gasteiger partial charge in [0.15, 0.2) is 0 Å². The number of nitrogens with one attached hydrogen (secondary N) is 2. The van der Waals surface area contributed by atoms with Crippen molar-refractivity contribution >= 4 is 17.4 Å². The van der Waals surface area contributed by atoms with E-state index in [4.69, 9.17) is 26.1 Å². The number of methoxy groups -OCH3 is 1. The van der Waals surface area contributed by atoms with E-state index in [9.17, 15) is 0 Å². The van der Waals surface area contributed by atoms with Crippen LogP contribution in [-0.4, -0.2) is 55.5 Å². The zero-order valence-corrected chi connectivity index (χ0v) is 21.3. The Hall–Kier alpha value is -1.73. The largest absolute Gasteiger partial charge is 0.383 e. The number of halogens is 1. The lowest BCUT2D eigenvalue weighted by molar-refractivity contribution is 0.0699. The van der Waals surface area contributed by atoms with Crippen molar-refractivity contribution in [1.29, 1.82) is 0 Å². The van der Waals surface area contributed by atoms with E-state index >= 15 is 0 Å². The molecule has 6 nitrogen and oxygen atoms in total. The topological polar surface area (TPSA) is 68.3 Å². The molecule has 4 rings (SSSR count). The quantitative estimate of drug-likeness (QED) is 0.415. The molecule has 1 atom stereocenters.